The molecule has 92 valence electrons. The van der Waals surface area contributed by atoms with Gasteiger partial charge in [-0.3, -0.25) is 4.79 Å². The Morgan fingerprint density at radius 3 is 2.53 bits per heavy atom. The molecule has 1 amide bonds. The molecule has 1 unspecified atom stereocenters. The van der Waals surface area contributed by atoms with Crippen molar-refractivity contribution in [3.05, 3.63) is 34.6 Å². The maximum atomic E-state index is 13.6. The van der Waals surface area contributed by atoms with Crippen molar-refractivity contribution >= 4 is 37.4 Å². The van der Waals surface area contributed by atoms with Gasteiger partial charge in [0.25, 0.3) is 0 Å². The predicted octanol–water partition coefficient (Wildman–Crippen LogP) is 2.24. The standard InChI is InChI=1S/C9H6Cl2FNO3S/c10-5-1-2-6(7(12)3-5)8-4-9(14)13(8)17(11,15)16/h1-3,8H,4H2. The van der Waals surface area contributed by atoms with E-state index in [1.807, 2.05) is 0 Å². The smallest absolute Gasteiger partial charge is 0.274 e. The van der Waals surface area contributed by atoms with Crippen molar-refractivity contribution < 1.29 is 17.6 Å². The highest BCUT2D eigenvalue weighted by atomic mass is 35.7. The maximum Gasteiger partial charge on any atom is 0.324 e. The van der Waals surface area contributed by atoms with E-state index in [0.717, 1.165) is 6.07 Å². The highest BCUT2D eigenvalue weighted by molar-refractivity contribution is 8.12. The number of benzene rings is 1. The van der Waals surface area contributed by atoms with Gasteiger partial charge in [-0.25, -0.2) is 8.70 Å². The molecule has 1 aromatic rings. The summed E-state index contributed by atoms with van der Waals surface area (Å²) in [6, 6.07) is 2.92. The molecule has 1 heterocycles. The van der Waals surface area contributed by atoms with Crippen molar-refractivity contribution in [3.63, 3.8) is 0 Å². The molecule has 0 spiro atoms. The Kier molecular flexibility index (Phi) is 3.05. The fourth-order valence-corrected chi connectivity index (χ4v) is 3.17. The third-order valence-electron chi connectivity index (χ3n) is 2.45. The molecule has 1 aromatic carbocycles. The molecule has 0 bridgehead atoms. The molecule has 1 aliphatic rings. The molecule has 0 aromatic heterocycles. The Hall–Kier alpha value is -0.850. The zero-order valence-corrected chi connectivity index (χ0v) is 10.6. The molecule has 1 saturated heterocycles. The lowest BCUT2D eigenvalue weighted by Gasteiger charge is -2.37. The number of β-lactam (4-membered cyclic amide) rings is 1. The molecule has 0 saturated carbocycles. The lowest BCUT2D eigenvalue weighted by atomic mass is 9.97. The minimum absolute atomic E-state index is 0.0817. The van der Waals surface area contributed by atoms with Crippen LogP contribution in [0, 0.1) is 5.82 Å². The van der Waals surface area contributed by atoms with Gasteiger partial charge in [0, 0.05) is 21.3 Å². The normalized spacial score (nSPS) is 20.3. The van der Waals surface area contributed by atoms with E-state index in [9.17, 15) is 17.6 Å². The van der Waals surface area contributed by atoms with Crippen LogP contribution in [0.2, 0.25) is 5.02 Å². The number of carbonyl (C=O) groups excluding carboxylic acids is 1. The Morgan fingerprint density at radius 1 is 1.41 bits per heavy atom. The lowest BCUT2D eigenvalue weighted by Crippen LogP contribution is -2.48. The third-order valence-corrected chi connectivity index (χ3v) is 4.06. The van der Waals surface area contributed by atoms with Crippen molar-refractivity contribution in [1.82, 2.24) is 4.31 Å². The van der Waals surface area contributed by atoms with Crippen LogP contribution < -0.4 is 0 Å². The molecule has 2 rings (SSSR count). The summed E-state index contributed by atoms with van der Waals surface area (Å²) in [5.41, 5.74) is 0.0817. The summed E-state index contributed by atoms with van der Waals surface area (Å²) in [5, 5.41) is 0.192. The molecule has 1 aliphatic heterocycles. The van der Waals surface area contributed by atoms with Gasteiger partial charge in [0.15, 0.2) is 0 Å². The fourth-order valence-electron chi connectivity index (χ4n) is 1.68. The number of halogens is 3. The van der Waals surface area contributed by atoms with Crippen LogP contribution in [0.5, 0.6) is 0 Å². The van der Waals surface area contributed by atoms with Gasteiger partial charge in [-0.15, -0.1) is 0 Å². The number of carbonyl (C=O) groups is 1. The Morgan fingerprint density at radius 2 is 2.06 bits per heavy atom. The van der Waals surface area contributed by atoms with Crippen LogP contribution in [0.15, 0.2) is 18.2 Å². The van der Waals surface area contributed by atoms with E-state index >= 15 is 0 Å². The van der Waals surface area contributed by atoms with E-state index in [4.69, 9.17) is 22.3 Å². The van der Waals surface area contributed by atoms with Gasteiger partial charge in [-0.1, -0.05) is 17.7 Å². The predicted molar refractivity (Wildman–Crippen MR) is 60.4 cm³/mol. The SMILES string of the molecule is O=C1CC(c2ccc(Cl)cc2F)N1S(=O)(=O)Cl. The summed E-state index contributed by atoms with van der Waals surface area (Å²) in [7, 11) is 0.904. The van der Waals surface area contributed by atoms with E-state index < -0.39 is 27.0 Å². The summed E-state index contributed by atoms with van der Waals surface area (Å²) < 4.78 is 36.2. The highest BCUT2D eigenvalue weighted by Crippen LogP contribution is 2.39. The third kappa shape index (κ3) is 2.25. The molecular formula is C9H6Cl2FNO3S. The molecular weight excluding hydrogens is 292 g/mol. The van der Waals surface area contributed by atoms with Crippen molar-refractivity contribution in [2.24, 2.45) is 0 Å². The first-order valence-electron chi connectivity index (χ1n) is 4.52. The van der Waals surface area contributed by atoms with Crippen LogP contribution >= 0.6 is 22.3 Å². The quantitative estimate of drug-likeness (QED) is 0.621. The van der Waals surface area contributed by atoms with E-state index in [1.165, 1.54) is 12.1 Å². The first-order valence-corrected chi connectivity index (χ1v) is 7.17. The molecule has 17 heavy (non-hydrogen) atoms. The van der Waals surface area contributed by atoms with Crippen LogP contribution in [-0.2, 0) is 14.0 Å². The first-order chi connectivity index (χ1) is 7.80. The average molecular weight is 298 g/mol. The molecule has 0 radical (unpaired) electrons. The topological polar surface area (TPSA) is 54.5 Å². The van der Waals surface area contributed by atoms with E-state index in [1.54, 1.807) is 0 Å². The summed E-state index contributed by atoms with van der Waals surface area (Å²) in [4.78, 5) is 11.2. The van der Waals surface area contributed by atoms with E-state index in [-0.39, 0.29) is 17.0 Å². The molecule has 8 heteroatoms. The van der Waals surface area contributed by atoms with Crippen molar-refractivity contribution in [1.29, 1.82) is 0 Å². The minimum Gasteiger partial charge on any atom is -0.274 e. The summed E-state index contributed by atoms with van der Waals surface area (Å²) in [5.74, 6) is -1.32. The van der Waals surface area contributed by atoms with Gasteiger partial charge >= 0.3 is 9.24 Å². The van der Waals surface area contributed by atoms with Crippen LogP contribution in [0.4, 0.5) is 4.39 Å². The number of rotatable bonds is 2. The molecule has 0 N–H and O–H groups in total. The van der Waals surface area contributed by atoms with Crippen LogP contribution in [0.25, 0.3) is 0 Å². The number of hydrogen-bond donors (Lipinski definition) is 0. The summed E-state index contributed by atoms with van der Waals surface area (Å²) in [6.45, 7) is 0. The zero-order valence-electron chi connectivity index (χ0n) is 8.23. The molecule has 1 atom stereocenters. The van der Waals surface area contributed by atoms with Gasteiger partial charge in [0.05, 0.1) is 12.5 Å². The van der Waals surface area contributed by atoms with Crippen molar-refractivity contribution in [2.75, 3.05) is 0 Å². The zero-order chi connectivity index (χ0) is 12.8. The summed E-state index contributed by atoms with van der Waals surface area (Å²) in [6.07, 6.45) is -0.0928. The summed E-state index contributed by atoms with van der Waals surface area (Å²) >= 11 is 5.57. The number of hydrogen-bond acceptors (Lipinski definition) is 3. The van der Waals surface area contributed by atoms with Gasteiger partial charge in [-0.2, -0.15) is 8.42 Å². The fraction of sp³-hybridized carbons (Fsp3) is 0.222. The second kappa shape index (κ2) is 4.12. The van der Waals surface area contributed by atoms with Gasteiger partial charge in [-0.05, 0) is 12.1 Å². The van der Waals surface area contributed by atoms with Crippen LogP contribution in [0.1, 0.15) is 18.0 Å². The number of amides is 1. The second-order valence-electron chi connectivity index (χ2n) is 3.52. The molecule has 1 fully saturated rings. The lowest BCUT2D eigenvalue weighted by molar-refractivity contribution is -0.137. The molecule has 4 nitrogen and oxygen atoms in total. The van der Waals surface area contributed by atoms with Gasteiger partial charge < -0.3 is 0 Å². The Bertz CT molecular complexity index is 590. The number of nitrogens with zero attached hydrogens (tertiary/aromatic N) is 1. The van der Waals surface area contributed by atoms with Gasteiger partial charge in [0.1, 0.15) is 5.82 Å². The Labute approximate surface area is 106 Å². The van der Waals surface area contributed by atoms with Crippen molar-refractivity contribution in [3.8, 4) is 0 Å². The van der Waals surface area contributed by atoms with Crippen molar-refractivity contribution in [2.45, 2.75) is 12.5 Å². The minimum atomic E-state index is -4.18. The maximum absolute atomic E-state index is 13.6. The molecule has 0 aliphatic carbocycles. The van der Waals surface area contributed by atoms with E-state index in [0.29, 0.717) is 4.31 Å². The van der Waals surface area contributed by atoms with Crippen LogP contribution in [0.3, 0.4) is 0 Å². The highest BCUT2D eigenvalue weighted by Gasteiger charge is 2.45. The Balaban J connectivity index is 2.39. The van der Waals surface area contributed by atoms with Gasteiger partial charge in [0.2, 0.25) is 5.91 Å². The van der Waals surface area contributed by atoms with E-state index in [2.05, 4.69) is 0 Å². The first kappa shape index (κ1) is 12.6. The average Bonchev–Trinajstić information content (AvgIpc) is 2.12. The monoisotopic (exact) mass is 297 g/mol. The largest absolute Gasteiger partial charge is 0.324 e. The second-order valence-corrected chi connectivity index (χ2v) is 6.34. The van der Waals surface area contributed by atoms with Crippen LogP contribution in [-0.4, -0.2) is 18.6 Å².